The van der Waals surface area contributed by atoms with E-state index in [4.69, 9.17) is 0 Å². The smallest absolute Gasteiger partial charge is 0.279 e. The predicted molar refractivity (Wildman–Crippen MR) is 77.2 cm³/mol. The van der Waals surface area contributed by atoms with Crippen LogP contribution in [0.3, 0.4) is 0 Å². The Hall–Kier alpha value is -0.170. The molecule has 0 aromatic heterocycles. The normalized spacial score (nSPS) is 24.1. The van der Waals surface area contributed by atoms with Crippen molar-refractivity contribution >= 4 is 10.2 Å². The number of nitrogens with one attached hydrogen (secondary N) is 2. The molecule has 1 aliphatic heterocycles. The highest BCUT2D eigenvalue weighted by Crippen LogP contribution is 2.22. The van der Waals surface area contributed by atoms with Gasteiger partial charge in [0.05, 0.1) is 0 Å². The van der Waals surface area contributed by atoms with Crippen LogP contribution in [0.15, 0.2) is 0 Å². The molecule has 2 fully saturated rings. The molecule has 0 amide bonds. The zero-order valence-electron chi connectivity index (χ0n) is 11.9. The number of rotatable bonds is 6. The standard InChI is InChI=1S/C13H27N3O2S/c1-2-14-11-12-7-9-16(10-8-12)19(17,18)15-13-5-3-4-6-13/h12-15H,2-11H2,1H3. The quantitative estimate of drug-likeness (QED) is 0.769. The van der Waals surface area contributed by atoms with E-state index < -0.39 is 10.2 Å². The van der Waals surface area contributed by atoms with Gasteiger partial charge in [-0.25, -0.2) is 0 Å². The Kier molecular flexibility index (Phi) is 5.62. The van der Waals surface area contributed by atoms with Crippen molar-refractivity contribution in [2.24, 2.45) is 5.92 Å². The highest BCUT2D eigenvalue weighted by Gasteiger charge is 2.30. The van der Waals surface area contributed by atoms with Gasteiger partial charge in [-0.1, -0.05) is 19.8 Å². The lowest BCUT2D eigenvalue weighted by Crippen LogP contribution is -2.48. The van der Waals surface area contributed by atoms with Gasteiger partial charge in [0.2, 0.25) is 0 Å². The van der Waals surface area contributed by atoms with Crippen molar-refractivity contribution in [1.82, 2.24) is 14.3 Å². The molecule has 1 saturated heterocycles. The van der Waals surface area contributed by atoms with Gasteiger partial charge in [-0.15, -0.1) is 0 Å². The first kappa shape index (κ1) is 15.2. The van der Waals surface area contributed by atoms with E-state index >= 15 is 0 Å². The van der Waals surface area contributed by atoms with Gasteiger partial charge in [-0.05, 0) is 44.7 Å². The second kappa shape index (κ2) is 7.02. The molecule has 1 aliphatic carbocycles. The van der Waals surface area contributed by atoms with E-state index in [0.29, 0.717) is 19.0 Å². The van der Waals surface area contributed by atoms with Crippen molar-refractivity contribution in [3.63, 3.8) is 0 Å². The number of hydrogen-bond donors (Lipinski definition) is 2. The molecule has 2 rings (SSSR count). The van der Waals surface area contributed by atoms with Crippen molar-refractivity contribution in [1.29, 1.82) is 0 Å². The first-order valence-corrected chi connectivity index (χ1v) is 9.04. The Balaban J connectivity index is 1.79. The van der Waals surface area contributed by atoms with Gasteiger partial charge in [-0.2, -0.15) is 17.4 Å². The van der Waals surface area contributed by atoms with Crippen LogP contribution in [0.5, 0.6) is 0 Å². The van der Waals surface area contributed by atoms with Gasteiger partial charge in [0.1, 0.15) is 0 Å². The highest BCUT2D eigenvalue weighted by molar-refractivity contribution is 7.87. The molecule has 6 heteroatoms. The first-order chi connectivity index (χ1) is 9.12. The highest BCUT2D eigenvalue weighted by atomic mass is 32.2. The van der Waals surface area contributed by atoms with Gasteiger partial charge in [-0.3, -0.25) is 0 Å². The first-order valence-electron chi connectivity index (χ1n) is 7.60. The topological polar surface area (TPSA) is 61.4 Å². The lowest BCUT2D eigenvalue weighted by Gasteiger charge is -2.32. The number of hydrogen-bond acceptors (Lipinski definition) is 3. The molecule has 0 unspecified atom stereocenters. The fourth-order valence-corrected chi connectivity index (χ4v) is 4.53. The summed E-state index contributed by atoms with van der Waals surface area (Å²) in [5.41, 5.74) is 0. The molecular formula is C13H27N3O2S. The second-order valence-electron chi connectivity index (χ2n) is 5.75. The molecule has 19 heavy (non-hydrogen) atoms. The van der Waals surface area contributed by atoms with Gasteiger partial charge in [0, 0.05) is 19.1 Å². The summed E-state index contributed by atoms with van der Waals surface area (Å²) in [6.45, 7) is 5.43. The summed E-state index contributed by atoms with van der Waals surface area (Å²) in [6.07, 6.45) is 6.24. The van der Waals surface area contributed by atoms with E-state index in [0.717, 1.165) is 51.6 Å². The van der Waals surface area contributed by atoms with E-state index in [1.807, 2.05) is 0 Å². The zero-order chi connectivity index (χ0) is 13.7. The molecule has 0 radical (unpaired) electrons. The predicted octanol–water partition coefficient (Wildman–Crippen LogP) is 1.08. The fraction of sp³-hybridized carbons (Fsp3) is 1.00. The van der Waals surface area contributed by atoms with Crippen LogP contribution in [0.2, 0.25) is 0 Å². The Morgan fingerprint density at radius 1 is 1.11 bits per heavy atom. The lowest BCUT2D eigenvalue weighted by molar-refractivity contribution is 0.265. The summed E-state index contributed by atoms with van der Waals surface area (Å²) in [7, 11) is -3.25. The molecule has 2 aliphatic rings. The van der Waals surface area contributed by atoms with Gasteiger partial charge < -0.3 is 5.32 Å². The van der Waals surface area contributed by atoms with Crippen LogP contribution < -0.4 is 10.0 Å². The molecular weight excluding hydrogens is 262 g/mol. The summed E-state index contributed by atoms with van der Waals surface area (Å²) >= 11 is 0. The van der Waals surface area contributed by atoms with Crippen LogP contribution in [0.1, 0.15) is 45.4 Å². The van der Waals surface area contributed by atoms with Crippen LogP contribution in [0, 0.1) is 5.92 Å². The van der Waals surface area contributed by atoms with E-state index in [-0.39, 0.29) is 6.04 Å². The minimum Gasteiger partial charge on any atom is -0.317 e. The maximum Gasteiger partial charge on any atom is 0.279 e. The molecule has 0 aromatic rings. The minimum atomic E-state index is -3.25. The van der Waals surface area contributed by atoms with Crippen LogP contribution in [-0.4, -0.2) is 44.9 Å². The number of nitrogens with zero attached hydrogens (tertiary/aromatic N) is 1. The average molecular weight is 289 g/mol. The van der Waals surface area contributed by atoms with Crippen LogP contribution in [0.25, 0.3) is 0 Å². The van der Waals surface area contributed by atoms with Crippen molar-refractivity contribution in [2.75, 3.05) is 26.2 Å². The zero-order valence-corrected chi connectivity index (χ0v) is 12.7. The lowest BCUT2D eigenvalue weighted by atomic mass is 9.98. The van der Waals surface area contributed by atoms with Crippen molar-refractivity contribution in [2.45, 2.75) is 51.5 Å². The van der Waals surface area contributed by atoms with E-state index in [1.165, 1.54) is 0 Å². The third kappa shape index (κ3) is 4.41. The van der Waals surface area contributed by atoms with Crippen molar-refractivity contribution < 1.29 is 8.42 Å². The summed E-state index contributed by atoms with van der Waals surface area (Å²) in [6, 6.07) is 0.171. The average Bonchev–Trinajstić information content (AvgIpc) is 2.89. The maximum absolute atomic E-state index is 12.3. The monoisotopic (exact) mass is 289 g/mol. The summed E-state index contributed by atoms with van der Waals surface area (Å²) in [5, 5.41) is 3.35. The molecule has 0 aromatic carbocycles. The minimum absolute atomic E-state index is 0.171. The van der Waals surface area contributed by atoms with Gasteiger partial charge >= 0.3 is 0 Å². The Bertz CT molecular complexity index is 358. The van der Waals surface area contributed by atoms with E-state index in [1.54, 1.807) is 4.31 Å². The Morgan fingerprint density at radius 3 is 2.32 bits per heavy atom. The van der Waals surface area contributed by atoms with Crippen LogP contribution in [-0.2, 0) is 10.2 Å². The SMILES string of the molecule is CCNCC1CCN(S(=O)(=O)NC2CCCC2)CC1. The largest absolute Gasteiger partial charge is 0.317 e. The summed E-state index contributed by atoms with van der Waals surface area (Å²) in [5.74, 6) is 0.623. The molecule has 5 nitrogen and oxygen atoms in total. The van der Waals surface area contributed by atoms with Crippen molar-refractivity contribution in [3.05, 3.63) is 0 Å². The third-order valence-electron chi connectivity index (χ3n) is 4.27. The van der Waals surface area contributed by atoms with Gasteiger partial charge in [0.15, 0.2) is 0 Å². The van der Waals surface area contributed by atoms with Gasteiger partial charge in [0.25, 0.3) is 10.2 Å². The molecule has 1 heterocycles. The Morgan fingerprint density at radius 2 is 1.74 bits per heavy atom. The molecule has 0 spiro atoms. The van der Waals surface area contributed by atoms with Crippen LogP contribution in [0.4, 0.5) is 0 Å². The molecule has 2 N–H and O–H groups in total. The fourth-order valence-electron chi connectivity index (χ4n) is 3.03. The molecule has 1 saturated carbocycles. The molecule has 0 atom stereocenters. The molecule has 0 bridgehead atoms. The van der Waals surface area contributed by atoms with Crippen molar-refractivity contribution in [3.8, 4) is 0 Å². The molecule has 112 valence electrons. The Labute approximate surface area is 117 Å². The van der Waals surface area contributed by atoms with E-state index in [2.05, 4.69) is 17.0 Å². The maximum atomic E-state index is 12.3. The third-order valence-corrected chi connectivity index (χ3v) is 5.94. The van der Waals surface area contributed by atoms with E-state index in [9.17, 15) is 8.42 Å². The summed E-state index contributed by atoms with van der Waals surface area (Å²) in [4.78, 5) is 0. The number of piperidine rings is 1. The summed E-state index contributed by atoms with van der Waals surface area (Å²) < 4.78 is 29.0. The second-order valence-corrected chi connectivity index (χ2v) is 7.46. The van der Waals surface area contributed by atoms with Crippen LogP contribution >= 0.6 is 0 Å².